The first-order valence-corrected chi connectivity index (χ1v) is 11.9. The fourth-order valence-corrected chi connectivity index (χ4v) is 6.01. The van der Waals surface area contributed by atoms with Crippen molar-refractivity contribution >= 4 is 32.2 Å². The number of carbonyl (C=O) groups is 1. The van der Waals surface area contributed by atoms with Crippen LogP contribution < -0.4 is 5.32 Å². The first kappa shape index (κ1) is 19.7. The lowest BCUT2D eigenvalue weighted by atomic mass is 10.1. The van der Waals surface area contributed by atoms with Gasteiger partial charge in [0.05, 0.1) is 35.4 Å². The molecule has 0 unspecified atom stereocenters. The van der Waals surface area contributed by atoms with Crippen molar-refractivity contribution in [1.29, 1.82) is 0 Å². The number of thiazole rings is 1. The second-order valence-electron chi connectivity index (χ2n) is 7.16. The smallest absolute Gasteiger partial charge is 0.230 e. The van der Waals surface area contributed by atoms with E-state index in [4.69, 9.17) is 0 Å². The fourth-order valence-electron chi connectivity index (χ4n) is 3.58. The van der Waals surface area contributed by atoms with Crippen molar-refractivity contribution in [2.24, 2.45) is 0 Å². The molecule has 1 fully saturated rings. The number of nitrogens with zero attached hydrogens (tertiary/aromatic N) is 4. The average Bonchev–Trinajstić information content (AvgIpc) is 3.36. The maximum Gasteiger partial charge on any atom is 0.230 e. The summed E-state index contributed by atoms with van der Waals surface area (Å²) < 4.78 is 25.3. The van der Waals surface area contributed by atoms with Gasteiger partial charge in [-0.1, -0.05) is 0 Å². The molecule has 29 heavy (non-hydrogen) atoms. The molecule has 0 saturated carbocycles. The van der Waals surface area contributed by atoms with Gasteiger partial charge in [-0.15, -0.1) is 11.3 Å². The van der Waals surface area contributed by atoms with Crippen LogP contribution in [-0.4, -0.2) is 45.6 Å². The van der Waals surface area contributed by atoms with Crippen LogP contribution >= 0.6 is 11.3 Å². The molecule has 10 heteroatoms. The SMILES string of the molecule is Cc1nn([C@@H]2CCS(=O)(=O)C2)c(C)c1CC(=O)Nc1nc(-c2cccnc2)cs1. The van der Waals surface area contributed by atoms with Gasteiger partial charge in [-0.05, 0) is 32.4 Å². The van der Waals surface area contributed by atoms with Crippen LogP contribution in [0.25, 0.3) is 11.3 Å². The predicted molar refractivity (Wildman–Crippen MR) is 112 cm³/mol. The highest BCUT2D eigenvalue weighted by Crippen LogP contribution is 2.28. The minimum atomic E-state index is -3.00. The lowest BCUT2D eigenvalue weighted by Crippen LogP contribution is -2.16. The monoisotopic (exact) mass is 431 g/mol. The average molecular weight is 432 g/mol. The summed E-state index contributed by atoms with van der Waals surface area (Å²) >= 11 is 1.36. The van der Waals surface area contributed by atoms with Crippen molar-refractivity contribution < 1.29 is 13.2 Å². The highest BCUT2D eigenvalue weighted by atomic mass is 32.2. The van der Waals surface area contributed by atoms with E-state index in [1.165, 1.54) is 11.3 Å². The summed E-state index contributed by atoms with van der Waals surface area (Å²) in [6.07, 6.45) is 4.15. The molecule has 152 valence electrons. The van der Waals surface area contributed by atoms with Crippen LogP contribution in [0.3, 0.4) is 0 Å². The Morgan fingerprint density at radius 1 is 1.38 bits per heavy atom. The summed E-state index contributed by atoms with van der Waals surface area (Å²) in [5, 5.41) is 9.76. The molecule has 4 heterocycles. The number of hydrogen-bond donors (Lipinski definition) is 1. The molecule has 4 rings (SSSR count). The molecule has 3 aromatic heterocycles. The molecule has 1 aliphatic rings. The molecule has 1 saturated heterocycles. The van der Waals surface area contributed by atoms with Crippen LogP contribution in [0.1, 0.15) is 29.4 Å². The number of amides is 1. The van der Waals surface area contributed by atoms with E-state index in [1.807, 2.05) is 31.4 Å². The Bertz CT molecular complexity index is 1150. The van der Waals surface area contributed by atoms with Crippen molar-refractivity contribution in [3.8, 4) is 11.3 Å². The summed E-state index contributed by atoms with van der Waals surface area (Å²) in [6.45, 7) is 3.73. The molecule has 1 atom stereocenters. The molecular weight excluding hydrogens is 410 g/mol. The van der Waals surface area contributed by atoms with E-state index in [-0.39, 0.29) is 29.9 Å². The van der Waals surface area contributed by atoms with Gasteiger partial charge < -0.3 is 5.32 Å². The molecule has 8 nitrogen and oxygen atoms in total. The topological polar surface area (TPSA) is 107 Å². The van der Waals surface area contributed by atoms with Crippen LogP contribution in [-0.2, 0) is 21.1 Å². The number of pyridine rings is 1. The molecule has 0 radical (unpaired) electrons. The Morgan fingerprint density at radius 2 is 2.21 bits per heavy atom. The summed E-state index contributed by atoms with van der Waals surface area (Å²) in [6, 6.07) is 3.60. The number of nitrogens with one attached hydrogen (secondary N) is 1. The van der Waals surface area contributed by atoms with Crippen LogP contribution in [0.5, 0.6) is 0 Å². The minimum absolute atomic E-state index is 0.108. The molecule has 1 amide bonds. The summed E-state index contributed by atoms with van der Waals surface area (Å²) in [4.78, 5) is 21.1. The summed E-state index contributed by atoms with van der Waals surface area (Å²) in [7, 11) is -3.00. The van der Waals surface area contributed by atoms with E-state index in [2.05, 4.69) is 20.4 Å². The first-order valence-electron chi connectivity index (χ1n) is 9.23. The third kappa shape index (κ3) is 4.23. The van der Waals surface area contributed by atoms with E-state index in [9.17, 15) is 13.2 Å². The third-order valence-electron chi connectivity index (χ3n) is 5.07. The van der Waals surface area contributed by atoms with Gasteiger partial charge in [0.25, 0.3) is 0 Å². The molecular formula is C19H21N5O3S2. The minimum Gasteiger partial charge on any atom is -0.302 e. The van der Waals surface area contributed by atoms with Crippen molar-refractivity contribution in [1.82, 2.24) is 19.7 Å². The maximum absolute atomic E-state index is 12.6. The molecule has 0 aromatic carbocycles. The van der Waals surface area contributed by atoms with Crippen LogP contribution in [0.15, 0.2) is 29.9 Å². The molecule has 1 aliphatic heterocycles. The van der Waals surface area contributed by atoms with Gasteiger partial charge in [-0.2, -0.15) is 5.10 Å². The van der Waals surface area contributed by atoms with Crippen molar-refractivity contribution in [2.45, 2.75) is 32.7 Å². The lowest BCUT2D eigenvalue weighted by Gasteiger charge is -2.11. The van der Waals surface area contributed by atoms with Gasteiger partial charge in [-0.3, -0.25) is 14.5 Å². The highest BCUT2D eigenvalue weighted by Gasteiger charge is 2.31. The number of hydrogen-bond acceptors (Lipinski definition) is 7. The Morgan fingerprint density at radius 3 is 2.90 bits per heavy atom. The molecule has 3 aromatic rings. The van der Waals surface area contributed by atoms with Gasteiger partial charge in [0.15, 0.2) is 15.0 Å². The van der Waals surface area contributed by atoms with Gasteiger partial charge in [0.1, 0.15) is 0 Å². The van der Waals surface area contributed by atoms with Gasteiger partial charge in [-0.25, -0.2) is 13.4 Å². The van der Waals surface area contributed by atoms with E-state index in [1.54, 1.807) is 17.1 Å². The number of sulfone groups is 1. The Balaban J connectivity index is 1.46. The van der Waals surface area contributed by atoms with E-state index >= 15 is 0 Å². The lowest BCUT2D eigenvalue weighted by molar-refractivity contribution is -0.115. The number of aryl methyl sites for hydroxylation is 1. The maximum atomic E-state index is 12.6. The third-order valence-corrected chi connectivity index (χ3v) is 7.58. The number of anilines is 1. The Labute approximate surface area is 172 Å². The van der Waals surface area contributed by atoms with Crippen LogP contribution in [0.2, 0.25) is 0 Å². The predicted octanol–water partition coefficient (Wildman–Crippen LogP) is 2.56. The zero-order chi connectivity index (χ0) is 20.6. The molecule has 0 spiro atoms. The molecule has 0 bridgehead atoms. The van der Waals surface area contributed by atoms with Gasteiger partial charge >= 0.3 is 0 Å². The fraction of sp³-hybridized carbons (Fsp3) is 0.368. The number of rotatable bonds is 5. The number of carbonyl (C=O) groups excluding carboxylic acids is 1. The van der Waals surface area contributed by atoms with E-state index < -0.39 is 9.84 Å². The largest absolute Gasteiger partial charge is 0.302 e. The van der Waals surface area contributed by atoms with Crippen LogP contribution in [0, 0.1) is 13.8 Å². The quantitative estimate of drug-likeness (QED) is 0.665. The standard InChI is InChI=1S/C19H21N5O3S2/c1-12-16(13(2)24(23-12)15-5-7-29(26,27)11-15)8-18(25)22-19-21-17(10-28-19)14-4-3-6-20-9-14/h3-4,6,9-10,15H,5,7-8,11H2,1-2H3,(H,21,22,25)/t15-/m1/s1. The number of aromatic nitrogens is 4. The Hall–Kier alpha value is -2.59. The summed E-state index contributed by atoms with van der Waals surface area (Å²) in [5.74, 6) is 0.119. The van der Waals surface area contributed by atoms with E-state index in [0.29, 0.717) is 11.6 Å². The Kier molecular flexibility index (Phi) is 5.22. The van der Waals surface area contributed by atoms with Gasteiger partial charge in [0.2, 0.25) is 5.91 Å². The van der Waals surface area contributed by atoms with E-state index in [0.717, 1.165) is 28.2 Å². The van der Waals surface area contributed by atoms with Gasteiger partial charge in [0, 0.05) is 34.6 Å². The second-order valence-corrected chi connectivity index (χ2v) is 10.2. The second kappa shape index (κ2) is 7.68. The molecule has 1 N–H and O–H groups in total. The zero-order valence-electron chi connectivity index (χ0n) is 16.1. The highest BCUT2D eigenvalue weighted by molar-refractivity contribution is 7.91. The van der Waals surface area contributed by atoms with Crippen molar-refractivity contribution in [3.63, 3.8) is 0 Å². The van der Waals surface area contributed by atoms with Crippen molar-refractivity contribution in [2.75, 3.05) is 16.8 Å². The first-order chi connectivity index (χ1) is 13.8. The summed E-state index contributed by atoms with van der Waals surface area (Å²) in [5.41, 5.74) is 4.08. The molecule has 0 aliphatic carbocycles. The normalized spacial score (nSPS) is 18.1. The zero-order valence-corrected chi connectivity index (χ0v) is 17.8. The van der Waals surface area contributed by atoms with Crippen LogP contribution in [0.4, 0.5) is 5.13 Å². The van der Waals surface area contributed by atoms with Crippen molar-refractivity contribution in [3.05, 3.63) is 46.9 Å².